The van der Waals surface area contributed by atoms with Gasteiger partial charge in [0.05, 0.1) is 5.56 Å². The van der Waals surface area contributed by atoms with Crippen molar-refractivity contribution in [3.63, 3.8) is 0 Å². The number of carboxylic acid groups (broad SMARTS) is 1. The monoisotopic (exact) mass is 427 g/mol. The Morgan fingerprint density at radius 2 is 1.84 bits per heavy atom. The molecule has 0 saturated heterocycles. The molecule has 5 heteroatoms. The van der Waals surface area contributed by atoms with E-state index in [4.69, 9.17) is 9.52 Å². The molecular formula is C27H22FNO3. The van der Waals surface area contributed by atoms with E-state index < -0.39 is 11.8 Å². The number of hydrogen-bond acceptors (Lipinski definition) is 3. The van der Waals surface area contributed by atoms with Crippen molar-refractivity contribution in [1.82, 2.24) is 0 Å². The van der Waals surface area contributed by atoms with E-state index in [1.165, 1.54) is 17.2 Å². The Morgan fingerprint density at radius 1 is 1.03 bits per heavy atom. The van der Waals surface area contributed by atoms with Gasteiger partial charge in [0.2, 0.25) is 0 Å². The van der Waals surface area contributed by atoms with Gasteiger partial charge in [0, 0.05) is 23.0 Å². The molecule has 1 N–H and O–H groups in total. The Balaban J connectivity index is 1.37. The fraction of sp³-hybridized carbons (Fsp3) is 0.222. The molecular weight excluding hydrogens is 405 g/mol. The highest BCUT2D eigenvalue weighted by Crippen LogP contribution is 2.54. The Morgan fingerprint density at radius 3 is 2.59 bits per heavy atom. The topological polar surface area (TPSA) is 53.7 Å². The van der Waals surface area contributed by atoms with E-state index in [2.05, 4.69) is 36.4 Å². The molecule has 2 heterocycles. The summed E-state index contributed by atoms with van der Waals surface area (Å²) < 4.78 is 21.1. The highest BCUT2D eigenvalue weighted by molar-refractivity contribution is 5.85. The third-order valence-corrected chi connectivity index (χ3v) is 6.90. The first-order valence-electron chi connectivity index (χ1n) is 10.9. The van der Waals surface area contributed by atoms with Crippen LogP contribution >= 0.6 is 0 Å². The highest BCUT2D eigenvalue weighted by Gasteiger charge is 2.45. The Kier molecular flexibility index (Phi) is 4.15. The van der Waals surface area contributed by atoms with Gasteiger partial charge in [-0.3, -0.25) is 4.79 Å². The molecule has 32 heavy (non-hydrogen) atoms. The summed E-state index contributed by atoms with van der Waals surface area (Å²) in [5.74, 6) is -0.818. The lowest BCUT2D eigenvalue weighted by atomic mass is 9.87. The van der Waals surface area contributed by atoms with E-state index in [0.717, 1.165) is 29.4 Å². The summed E-state index contributed by atoms with van der Waals surface area (Å²) in [5, 5.41) is 10.1. The number of hydrogen-bond donors (Lipinski definition) is 1. The number of benzene rings is 3. The molecule has 0 amide bonds. The zero-order valence-corrected chi connectivity index (χ0v) is 17.5. The minimum atomic E-state index is -0.917. The Hall–Kier alpha value is -3.60. The summed E-state index contributed by atoms with van der Waals surface area (Å²) in [6, 6.07) is 22.0. The van der Waals surface area contributed by atoms with Gasteiger partial charge in [0.1, 0.15) is 23.7 Å². The summed E-state index contributed by atoms with van der Waals surface area (Å²) in [5.41, 5.74) is 5.43. The molecule has 1 aliphatic carbocycles. The molecule has 6 rings (SSSR count). The highest BCUT2D eigenvalue weighted by atomic mass is 19.1. The number of carboxylic acids is 1. The summed E-state index contributed by atoms with van der Waals surface area (Å²) in [4.78, 5) is 12.8. The van der Waals surface area contributed by atoms with Crippen molar-refractivity contribution in [3.8, 4) is 11.3 Å². The van der Waals surface area contributed by atoms with Crippen LogP contribution in [0.5, 0.6) is 0 Å². The van der Waals surface area contributed by atoms with Crippen molar-refractivity contribution >= 4 is 22.6 Å². The van der Waals surface area contributed by atoms with Crippen molar-refractivity contribution in [2.24, 2.45) is 0 Å². The van der Waals surface area contributed by atoms with Crippen LogP contribution < -0.4 is 4.90 Å². The first kappa shape index (κ1) is 19.1. The van der Waals surface area contributed by atoms with Crippen LogP contribution in [0, 0.1) is 5.82 Å². The molecule has 2 aliphatic rings. The summed E-state index contributed by atoms with van der Waals surface area (Å²) >= 11 is 0. The minimum absolute atomic E-state index is 0.0688. The smallest absolute Gasteiger partial charge is 0.323 e. The van der Waals surface area contributed by atoms with E-state index >= 15 is 4.39 Å². The average Bonchev–Trinajstić information content (AvgIpc) is 3.37. The molecule has 4 nitrogen and oxygen atoms in total. The second kappa shape index (κ2) is 6.95. The average molecular weight is 427 g/mol. The van der Waals surface area contributed by atoms with Gasteiger partial charge in [-0.05, 0) is 66.3 Å². The Bertz CT molecular complexity index is 1350. The number of anilines is 1. The molecule has 0 spiro atoms. The predicted octanol–water partition coefficient (Wildman–Crippen LogP) is 5.77. The normalized spacial score (nSPS) is 16.3. The van der Waals surface area contributed by atoms with Crippen LogP contribution in [0.3, 0.4) is 0 Å². The maximum Gasteiger partial charge on any atom is 0.323 e. The molecule has 1 aromatic heterocycles. The van der Waals surface area contributed by atoms with E-state index in [1.54, 1.807) is 11.0 Å². The molecule has 1 aliphatic heterocycles. The quantitative estimate of drug-likeness (QED) is 0.440. The predicted molar refractivity (Wildman–Crippen MR) is 122 cm³/mol. The summed E-state index contributed by atoms with van der Waals surface area (Å²) in [6.45, 7) is 0.456. The zero-order chi connectivity index (χ0) is 21.9. The number of carbonyl (C=O) groups is 1. The van der Waals surface area contributed by atoms with Crippen LogP contribution in [0.15, 0.2) is 71.1 Å². The minimum Gasteiger partial charge on any atom is -0.480 e. The van der Waals surface area contributed by atoms with Crippen LogP contribution in [-0.4, -0.2) is 24.2 Å². The first-order chi connectivity index (χ1) is 15.5. The van der Waals surface area contributed by atoms with Crippen molar-refractivity contribution in [3.05, 3.63) is 89.2 Å². The Labute approximate surface area is 184 Å². The van der Waals surface area contributed by atoms with Crippen LogP contribution in [0.1, 0.15) is 29.5 Å². The number of fused-ring (bicyclic) bond motifs is 2. The summed E-state index contributed by atoms with van der Waals surface area (Å²) in [6.07, 6.45) is 2.94. The van der Waals surface area contributed by atoms with Crippen molar-refractivity contribution in [1.29, 1.82) is 0 Å². The second-order valence-corrected chi connectivity index (χ2v) is 8.84. The third-order valence-electron chi connectivity index (χ3n) is 6.90. The first-order valence-corrected chi connectivity index (χ1v) is 10.9. The van der Waals surface area contributed by atoms with Crippen molar-refractivity contribution in [2.75, 3.05) is 18.0 Å². The van der Waals surface area contributed by atoms with Gasteiger partial charge in [0.15, 0.2) is 0 Å². The van der Waals surface area contributed by atoms with E-state index in [-0.39, 0.29) is 12.0 Å². The maximum absolute atomic E-state index is 15.0. The van der Waals surface area contributed by atoms with Crippen LogP contribution in [0.4, 0.5) is 10.1 Å². The number of halogens is 1. The molecule has 1 fully saturated rings. The number of nitrogens with zero attached hydrogens (tertiary/aromatic N) is 1. The molecule has 0 radical (unpaired) electrons. The van der Waals surface area contributed by atoms with E-state index in [9.17, 15) is 4.79 Å². The largest absolute Gasteiger partial charge is 0.480 e. The summed E-state index contributed by atoms with van der Waals surface area (Å²) in [7, 11) is 0. The lowest BCUT2D eigenvalue weighted by Crippen LogP contribution is -2.27. The fourth-order valence-corrected chi connectivity index (χ4v) is 5.09. The van der Waals surface area contributed by atoms with Gasteiger partial charge in [-0.15, -0.1) is 0 Å². The van der Waals surface area contributed by atoms with Crippen molar-refractivity contribution < 1.29 is 18.7 Å². The number of aliphatic carboxylic acids is 1. The number of rotatable bonds is 5. The van der Waals surface area contributed by atoms with Crippen LogP contribution in [0.2, 0.25) is 0 Å². The SMILES string of the molecule is O=C(O)CN1CCc2cc(-c3cc4cc(C5(c6ccccc6)CC5)ccc4o3)c(F)cc21. The number of furan rings is 1. The maximum atomic E-state index is 15.0. The van der Waals surface area contributed by atoms with Gasteiger partial charge < -0.3 is 14.4 Å². The molecule has 0 unspecified atom stereocenters. The van der Waals surface area contributed by atoms with E-state index in [1.807, 2.05) is 18.2 Å². The molecule has 4 aromatic rings. The van der Waals surface area contributed by atoms with Gasteiger partial charge in [0.25, 0.3) is 0 Å². The van der Waals surface area contributed by atoms with Gasteiger partial charge >= 0.3 is 5.97 Å². The van der Waals surface area contributed by atoms with Gasteiger partial charge in [-0.2, -0.15) is 0 Å². The van der Waals surface area contributed by atoms with Crippen LogP contribution in [-0.2, 0) is 16.6 Å². The van der Waals surface area contributed by atoms with Crippen molar-refractivity contribution in [2.45, 2.75) is 24.7 Å². The lowest BCUT2D eigenvalue weighted by molar-refractivity contribution is -0.135. The van der Waals surface area contributed by atoms with Gasteiger partial charge in [-0.25, -0.2) is 4.39 Å². The molecule has 160 valence electrons. The molecule has 3 aromatic carbocycles. The second-order valence-electron chi connectivity index (χ2n) is 8.84. The fourth-order valence-electron chi connectivity index (χ4n) is 5.09. The standard InChI is InChI=1S/C27H22FNO3/c28-22-15-23-17(8-11-29(23)16-26(30)31)13-21(22)25-14-18-12-20(6-7-24(18)32-25)27(9-10-27)19-4-2-1-3-5-19/h1-7,12-15H,8-11,16H2,(H,30,31). The molecule has 0 atom stereocenters. The molecule has 1 saturated carbocycles. The molecule has 0 bridgehead atoms. The zero-order valence-electron chi connectivity index (χ0n) is 17.5. The van der Waals surface area contributed by atoms with E-state index in [0.29, 0.717) is 30.0 Å². The van der Waals surface area contributed by atoms with Gasteiger partial charge in [-0.1, -0.05) is 36.4 Å². The third kappa shape index (κ3) is 3.00. The van der Waals surface area contributed by atoms with Crippen LogP contribution in [0.25, 0.3) is 22.3 Å². The lowest BCUT2D eigenvalue weighted by Gasteiger charge is -2.16.